The van der Waals surface area contributed by atoms with E-state index >= 15 is 0 Å². The largest absolute Gasteiger partial charge is 0.361 e. The molecule has 4 rings (SSSR count). The highest BCUT2D eigenvalue weighted by molar-refractivity contribution is 5.99. The lowest BCUT2D eigenvalue weighted by atomic mass is 9.96. The number of amides is 1. The highest BCUT2D eigenvalue weighted by Crippen LogP contribution is 2.39. The normalized spacial score (nSPS) is 16.6. The van der Waals surface area contributed by atoms with Crippen LogP contribution >= 0.6 is 0 Å². The molecule has 23 heavy (non-hydrogen) atoms. The van der Waals surface area contributed by atoms with E-state index in [4.69, 9.17) is 0 Å². The van der Waals surface area contributed by atoms with Crippen molar-refractivity contribution in [1.29, 1.82) is 0 Å². The van der Waals surface area contributed by atoms with E-state index in [9.17, 15) is 4.79 Å². The maximum Gasteiger partial charge on any atom is 0.227 e. The molecule has 0 radical (unpaired) electrons. The third-order valence-corrected chi connectivity index (χ3v) is 4.44. The predicted octanol–water partition coefficient (Wildman–Crippen LogP) is 4.68. The topological polar surface area (TPSA) is 36.1 Å². The summed E-state index contributed by atoms with van der Waals surface area (Å²) >= 11 is 0. The Balaban J connectivity index is 1.89. The molecule has 2 heterocycles. The molecule has 2 aromatic carbocycles. The zero-order chi connectivity index (χ0) is 15.8. The number of rotatable bonds is 2. The number of nitrogens with one attached hydrogen (secondary N) is 1. The molecule has 0 aliphatic carbocycles. The summed E-state index contributed by atoms with van der Waals surface area (Å²) in [6.45, 7) is 1.91. The van der Waals surface area contributed by atoms with E-state index in [1.54, 1.807) is 0 Å². The standard InChI is InChI=1S/C20H18N2O/c1-2-20(23)22-18-10-6-3-7-14(18)11-12-19(22)16-13-21-17-9-5-4-8-15(16)17/h3-13,19,21H,2H2,1H3. The second-order valence-electron chi connectivity index (χ2n) is 5.77. The van der Waals surface area contributed by atoms with Gasteiger partial charge in [-0.3, -0.25) is 4.79 Å². The molecule has 3 heteroatoms. The second-order valence-corrected chi connectivity index (χ2v) is 5.77. The van der Waals surface area contributed by atoms with E-state index in [1.807, 2.05) is 54.4 Å². The minimum atomic E-state index is -0.0755. The number of H-pyrrole nitrogens is 1. The first-order valence-corrected chi connectivity index (χ1v) is 7.95. The Labute approximate surface area is 135 Å². The summed E-state index contributed by atoms with van der Waals surface area (Å²) in [7, 11) is 0. The minimum absolute atomic E-state index is 0.0755. The number of aromatic nitrogens is 1. The van der Waals surface area contributed by atoms with E-state index in [2.05, 4.69) is 29.3 Å². The average molecular weight is 302 g/mol. The number of hydrogen-bond acceptors (Lipinski definition) is 1. The van der Waals surface area contributed by atoms with Crippen molar-refractivity contribution in [3.63, 3.8) is 0 Å². The molecular formula is C20H18N2O. The molecule has 1 aliphatic rings. The van der Waals surface area contributed by atoms with Gasteiger partial charge in [0, 0.05) is 29.1 Å². The maximum absolute atomic E-state index is 12.7. The molecule has 1 aromatic heterocycles. The van der Waals surface area contributed by atoms with Crippen LogP contribution < -0.4 is 4.90 Å². The molecule has 1 unspecified atom stereocenters. The van der Waals surface area contributed by atoms with Crippen LogP contribution in [0.25, 0.3) is 17.0 Å². The number of fused-ring (bicyclic) bond motifs is 2. The van der Waals surface area contributed by atoms with Crippen molar-refractivity contribution >= 4 is 28.6 Å². The Kier molecular flexibility index (Phi) is 3.27. The maximum atomic E-state index is 12.7. The molecule has 1 atom stereocenters. The molecule has 1 aliphatic heterocycles. The van der Waals surface area contributed by atoms with Crippen LogP contribution in [-0.2, 0) is 4.79 Å². The Morgan fingerprint density at radius 1 is 1.13 bits per heavy atom. The molecule has 0 bridgehead atoms. The smallest absolute Gasteiger partial charge is 0.227 e. The number of hydrogen-bond donors (Lipinski definition) is 1. The van der Waals surface area contributed by atoms with Crippen LogP contribution in [0.3, 0.4) is 0 Å². The molecule has 1 N–H and O–H groups in total. The van der Waals surface area contributed by atoms with Gasteiger partial charge in [0.15, 0.2) is 0 Å². The summed E-state index contributed by atoms with van der Waals surface area (Å²) < 4.78 is 0. The Hall–Kier alpha value is -2.81. The molecule has 0 fully saturated rings. The SMILES string of the molecule is CCC(=O)N1c2ccccc2C=CC1c1c[nH]c2ccccc12. The summed E-state index contributed by atoms with van der Waals surface area (Å²) in [5.74, 6) is 0.136. The van der Waals surface area contributed by atoms with Crippen molar-refractivity contribution in [2.45, 2.75) is 19.4 Å². The van der Waals surface area contributed by atoms with Gasteiger partial charge in [0.25, 0.3) is 0 Å². The van der Waals surface area contributed by atoms with Crippen LogP contribution in [0.4, 0.5) is 5.69 Å². The fourth-order valence-corrected chi connectivity index (χ4v) is 3.32. The lowest BCUT2D eigenvalue weighted by Gasteiger charge is -2.34. The van der Waals surface area contributed by atoms with Crippen LogP contribution in [0.15, 0.2) is 60.8 Å². The average Bonchev–Trinajstić information content (AvgIpc) is 3.04. The van der Waals surface area contributed by atoms with Gasteiger partial charge in [0.1, 0.15) is 0 Å². The van der Waals surface area contributed by atoms with Gasteiger partial charge in [-0.15, -0.1) is 0 Å². The first-order valence-electron chi connectivity index (χ1n) is 7.95. The van der Waals surface area contributed by atoms with Gasteiger partial charge in [0.2, 0.25) is 5.91 Å². The summed E-state index contributed by atoms with van der Waals surface area (Å²) in [5, 5.41) is 1.16. The Morgan fingerprint density at radius 3 is 2.78 bits per heavy atom. The Morgan fingerprint density at radius 2 is 1.91 bits per heavy atom. The molecular weight excluding hydrogens is 284 g/mol. The molecule has 1 amide bonds. The summed E-state index contributed by atoms with van der Waals surface area (Å²) in [6, 6.07) is 16.2. The van der Waals surface area contributed by atoms with Crippen molar-refractivity contribution < 1.29 is 4.79 Å². The fraction of sp³-hybridized carbons (Fsp3) is 0.150. The van der Waals surface area contributed by atoms with Crippen molar-refractivity contribution in [2.75, 3.05) is 4.90 Å². The van der Waals surface area contributed by atoms with Crippen LogP contribution in [0.1, 0.15) is 30.5 Å². The molecule has 3 nitrogen and oxygen atoms in total. The highest BCUT2D eigenvalue weighted by atomic mass is 16.2. The van der Waals surface area contributed by atoms with Crippen LogP contribution in [0.2, 0.25) is 0 Å². The fourth-order valence-electron chi connectivity index (χ4n) is 3.32. The van der Waals surface area contributed by atoms with Gasteiger partial charge < -0.3 is 9.88 Å². The van der Waals surface area contributed by atoms with Crippen LogP contribution in [-0.4, -0.2) is 10.9 Å². The zero-order valence-electron chi connectivity index (χ0n) is 13.0. The number of anilines is 1. The first kappa shape index (κ1) is 13.8. The van der Waals surface area contributed by atoms with E-state index in [1.165, 1.54) is 0 Å². The number of carbonyl (C=O) groups excluding carboxylic acids is 1. The lowest BCUT2D eigenvalue weighted by Crippen LogP contribution is -2.35. The number of aromatic amines is 1. The number of benzene rings is 2. The molecule has 0 saturated heterocycles. The van der Waals surface area contributed by atoms with E-state index < -0.39 is 0 Å². The summed E-state index contributed by atoms with van der Waals surface area (Å²) in [6.07, 6.45) is 6.73. The van der Waals surface area contributed by atoms with E-state index in [-0.39, 0.29) is 11.9 Å². The van der Waals surface area contributed by atoms with Crippen molar-refractivity contribution in [1.82, 2.24) is 4.98 Å². The molecule has 114 valence electrons. The lowest BCUT2D eigenvalue weighted by molar-refractivity contribution is -0.118. The highest BCUT2D eigenvalue weighted by Gasteiger charge is 2.29. The third kappa shape index (κ3) is 2.16. The van der Waals surface area contributed by atoms with Crippen molar-refractivity contribution in [3.8, 4) is 0 Å². The zero-order valence-corrected chi connectivity index (χ0v) is 13.0. The number of carbonyl (C=O) groups is 1. The molecule has 0 saturated carbocycles. The number of para-hydroxylation sites is 2. The quantitative estimate of drug-likeness (QED) is 0.733. The second kappa shape index (κ2) is 5.43. The third-order valence-electron chi connectivity index (χ3n) is 4.44. The van der Waals surface area contributed by atoms with Gasteiger partial charge in [0.05, 0.1) is 11.7 Å². The van der Waals surface area contributed by atoms with Gasteiger partial charge in [-0.05, 0) is 17.7 Å². The van der Waals surface area contributed by atoms with Gasteiger partial charge in [-0.1, -0.05) is 55.5 Å². The van der Waals surface area contributed by atoms with Crippen molar-refractivity contribution in [3.05, 3.63) is 71.9 Å². The summed E-state index contributed by atoms with van der Waals surface area (Å²) in [5.41, 5.74) is 4.30. The summed E-state index contributed by atoms with van der Waals surface area (Å²) in [4.78, 5) is 17.9. The van der Waals surface area contributed by atoms with Crippen LogP contribution in [0.5, 0.6) is 0 Å². The Bertz CT molecular complexity index is 907. The van der Waals surface area contributed by atoms with Gasteiger partial charge >= 0.3 is 0 Å². The van der Waals surface area contributed by atoms with E-state index in [0.29, 0.717) is 6.42 Å². The molecule has 3 aromatic rings. The minimum Gasteiger partial charge on any atom is -0.361 e. The predicted molar refractivity (Wildman–Crippen MR) is 94.3 cm³/mol. The van der Waals surface area contributed by atoms with Crippen molar-refractivity contribution in [2.24, 2.45) is 0 Å². The molecule has 0 spiro atoms. The van der Waals surface area contributed by atoms with Gasteiger partial charge in [-0.2, -0.15) is 0 Å². The monoisotopic (exact) mass is 302 g/mol. The van der Waals surface area contributed by atoms with Crippen LogP contribution in [0, 0.1) is 0 Å². The van der Waals surface area contributed by atoms with Gasteiger partial charge in [-0.25, -0.2) is 0 Å². The van der Waals surface area contributed by atoms with E-state index in [0.717, 1.165) is 27.7 Å². The number of nitrogens with zero attached hydrogens (tertiary/aromatic N) is 1. The first-order chi connectivity index (χ1) is 11.3.